The highest BCUT2D eigenvalue weighted by molar-refractivity contribution is 5.71. The first-order chi connectivity index (χ1) is 28.7. The number of carbonyl (C=O) groups excluding carboxylic acids is 3. The van der Waals surface area contributed by atoms with Crippen LogP contribution in [0.25, 0.3) is 0 Å². The van der Waals surface area contributed by atoms with Crippen molar-refractivity contribution in [3.8, 4) is 0 Å². The molecule has 0 aliphatic rings. The van der Waals surface area contributed by atoms with Crippen LogP contribution in [0.4, 0.5) is 0 Å². The van der Waals surface area contributed by atoms with Gasteiger partial charge in [0.1, 0.15) is 13.2 Å². The molecule has 0 bridgehead atoms. The smallest absolute Gasteiger partial charge is 0.306 e. The fourth-order valence-corrected chi connectivity index (χ4v) is 7.99. The van der Waals surface area contributed by atoms with Crippen molar-refractivity contribution in [2.45, 2.75) is 298 Å². The molecule has 0 amide bonds. The number of unbranched alkanes of at least 4 members (excludes halogenated alkanes) is 32. The molecule has 0 radical (unpaired) electrons. The lowest BCUT2D eigenvalue weighted by Gasteiger charge is -2.18. The van der Waals surface area contributed by atoms with Crippen LogP contribution in [0.1, 0.15) is 291 Å². The molecular weight excluding hydrogens is 733 g/mol. The molecule has 0 aromatic heterocycles. The Hall–Kier alpha value is -1.59. The molecule has 0 aromatic carbocycles. The van der Waals surface area contributed by atoms with Gasteiger partial charge in [0.25, 0.3) is 0 Å². The molecular formula is C53H102O6. The molecule has 6 heteroatoms. The van der Waals surface area contributed by atoms with E-state index in [9.17, 15) is 14.4 Å². The largest absolute Gasteiger partial charge is 0.462 e. The van der Waals surface area contributed by atoms with E-state index in [-0.39, 0.29) is 31.1 Å². The minimum Gasteiger partial charge on any atom is -0.462 e. The van der Waals surface area contributed by atoms with Gasteiger partial charge in [0.2, 0.25) is 0 Å². The minimum atomic E-state index is -0.761. The highest BCUT2D eigenvalue weighted by Gasteiger charge is 2.19. The maximum Gasteiger partial charge on any atom is 0.306 e. The number of rotatable bonds is 47. The first-order valence-corrected chi connectivity index (χ1v) is 26.2. The third-order valence-electron chi connectivity index (χ3n) is 12.0. The van der Waals surface area contributed by atoms with Gasteiger partial charge in [0.05, 0.1) is 0 Å². The van der Waals surface area contributed by atoms with E-state index in [0.29, 0.717) is 19.3 Å². The number of hydrogen-bond donors (Lipinski definition) is 0. The van der Waals surface area contributed by atoms with Crippen LogP contribution < -0.4 is 0 Å². The van der Waals surface area contributed by atoms with E-state index in [1.165, 1.54) is 180 Å². The average molecular weight is 835 g/mol. The van der Waals surface area contributed by atoms with Crippen molar-refractivity contribution in [1.82, 2.24) is 0 Å². The summed E-state index contributed by atoms with van der Waals surface area (Å²) in [4.78, 5) is 38.0. The van der Waals surface area contributed by atoms with Gasteiger partial charge < -0.3 is 14.2 Å². The van der Waals surface area contributed by atoms with Crippen LogP contribution in [0.5, 0.6) is 0 Å². The number of carbonyl (C=O) groups is 3. The van der Waals surface area contributed by atoms with E-state index in [4.69, 9.17) is 14.2 Å². The monoisotopic (exact) mass is 835 g/mol. The van der Waals surface area contributed by atoms with Crippen molar-refractivity contribution in [1.29, 1.82) is 0 Å². The number of ether oxygens (including phenoxy) is 3. The summed E-state index contributed by atoms with van der Waals surface area (Å²) in [6.07, 6.45) is 46.6. The molecule has 6 nitrogen and oxygen atoms in total. The summed E-state index contributed by atoms with van der Waals surface area (Å²) in [6.45, 7) is 11.4. The van der Waals surface area contributed by atoms with Gasteiger partial charge in [-0.05, 0) is 31.1 Å². The molecule has 0 fully saturated rings. The maximum atomic E-state index is 12.8. The van der Waals surface area contributed by atoms with Gasteiger partial charge >= 0.3 is 17.9 Å². The summed E-state index contributed by atoms with van der Waals surface area (Å²) in [7, 11) is 0. The number of hydrogen-bond acceptors (Lipinski definition) is 6. The van der Waals surface area contributed by atoms with E-state index >= 15 is 0 Å². The van der Waals surface area contributed by atoms with Crippen molar-refractivity contribution >= 4 is 17.9 Å². The van der Waals surface area contributed by atoms with Gasteiger partial charge in [-0.25, -0.2) is 0 Å². The fourth-order valence-electron chi connectivity index (χ4n) is 7.99. The lowest BCUT2D eigenvalue weighted by molar-refractivity contribution is -0.167. The van der Waals surface area contributed by atoms with Crippen LogP contribution in [0, 0.1) is 11.8 Å². The molecule has 0 saturated carbocycles. The maximum absolute atomic E-state index is 12.8. The van der Waals surface area contributed by atoms with E-state index < -0.39 is 6.10 Å². The Morgan fingerprint density at radius 3 is 0.831 bits per heavy atom. The standard InChI is InChI=1S/C53H102O6/c1-6-7-8-9-10-11-12-13-18-25-30-35-40-45-53(56)59-50(47-58-52(55)44-39-34-29-24-20-19-22-27-32-37-42-49(4)5)46-57-51(54)43-38-33-28-23-17-15-14-16-21-26-31-36-41-48(2)3/h48-50H,6-47H2,1-5H3/t50-/m1/s1. The van der Waals surface area contributed by atoms with Crippen molar-refractivity contribution < 1.29 is 28.6 Å². The minimum absolute atomic E-state index is 0.0636. The third kappa shape index (κ3) is 47.3. The van der Waals surface area contributed by atoms with E-state index in [2.05, 4.69) is 34.6 Å². The molecule has 0 unspecified atom stereocenters. The summed E-state index contributed by atoms with van der Waals surface area (Å²) in [5, 5.41) is 0. The average Bonchev–Trinajstić information content (AvgIpc) is 3.20. The zero-order chi connectivity index (χ0) is 43.3. The van der Waals surface area contributed by atoms with Gasteiger partial charge in [-0.3, -0.25) is 14.4 Å². The molecule has 1 atom stereocenters. The Morgan fingerprint density at radius 1 is 0.322 bits per heavy atom. The Bertz CT molecular complexity index is 900. The van der Waals surface area contributed by atoms with E-state index in [1.807, 2.05) is 0 Å². The van der Waals surface area contributed by atoms with Crippen LogP contribution in [-0.4, -0.2) is 37.2 Å². The molecule has 0 aliphatic heterocycles. The third-order valence-corrected chi connectivity index (χ3v) is 12.0. The molecule has 0 aliphatic carbocycles. The van der Waals surface area contributed by atoms with Crippen LogP contribution in [0.15, 0.2) is 0 Å². The van der Waals surface area contributed by atoms with Crippen LogP contribution in [0.2, 0.25) is 0 Å². The first kappa shape index (κ1) is 57.4. The quantitative estimate of drug-likeness (QED) is 0.0345. The van der Waals surface area contributed by atoms with E-state index in [0.717, 1.165) is 69.6 Å². The van der Waals surface area contributed by atoms with Crippen molar-refractivity contribution in [3.05, 3.63) is 0 Å². The van der Waals surface area contributed by atoms with Crippen LogP contribution in [-0.2, 0) is 28.6 Å². The molecule has 350 valence electrons. The second kappa shape index (κ2) is 45.9. The molecule has 0 rings (SSSR count). The Labute approximate surface area is 368 Å². The highest BCUT2D eigenvalue weighted by atomic mass is 16.6. The predicted molar refractivity (Wildman–Crippen MR) is 252 cm³/mol. The zero-order valence-corrected chi connectivity index (χ0v) is 40.4. The first-order valence-electron chi connectivity index (χ1n) is 26.2. The summed E-state index contributed by atoms with van der Waals surface area (Å²) >= 11 is 0. The highest BCUT2D eigenvalue weighted by Crippen LogP contribution is 2.17. The zero-order valence-electron chi connectivity index (χ0n) is 40.4. The van der Waals surface area contributed by atoms with Crippen molar-refractivity contribution in [3.63, 3.8) is 0 Å². The van der Waals surface area contributed by atoms with Crippen LogP contribution in [0.3, 0.4) is 0 Å². The Balaban J connectivity index is 4.31. The molecule has 0 heterocycles. The Kier molecular flexibility index (Phi) is 44.7. The second-order valence-electron chi connectivity index (χ2n) is 19.1. The lowest BCUT2D eigenvalue weighted by Crippen LogP contribution is -2.30. The summed E-state index contributed by atoms with van der Waals surface area (Å²) < 4.78 is 16.8. The van der Waals surface area contributed by atoms with E-state index in [1.54, 1.807) is 0 Å². The van der Waals surface area contributed by atoms with Gasteiger partial charge in [-0.15, -0.1) is 0 Å². The van der Waals surface area contributed by atoms with Gasteiger partial charge in [-0.1, -0.05) is 253 Å². The molecule has 0 N–H and O–H groups in total. The summed E-state index contributed by atoms with van der Waals surface area (Å²) in [5.41, 5.74) is 0. The van der Waals surface area contributed by atoms with Crippen molar-refractivity contribution in [2.75, 3.05) is 13.2 Å². The number of esters is 3. The van der Waals surface area contributed by atoms with Gasteiger partial charge in [0.15, 0.2) is 6.10 Å². The fraction of sp³-hybridized carbons (Fsp3) is 0.943. The normalized spacial score (nSPS) is 12.1. The van der Waals surface area contributed by atoms with Crippen LogP contribution >= 0.6 is 0 Å². The summed E-state index contributed by atoms with van der Waals surface area (Å²) in [5.74, 6) is 0.805. The SMILES string of the molecule is CCCCCCCCCCCCCCCC(=O)O[C@H](COC(=O)CCCCCCCCCCCCCCC(C)C)COC(=O)CCCCCCCCCCCCC(C)C. The molecule has 0 saturated heterocycles. The summed E-state index contributed by atoms with van der Waals surface area (Å²) in [6, 6.07) is 0. The van der Waals surface area contributed by atoms with Gasteiger partial charge in [-0.2, -0.15) is 0 Å². The topological polar surface area (TPSA) is 78.9 Å². The molecule has 0 aromatic rings. The Morgan fingerprint density at radius 2 is 0.559 bits per heavy atom. The molecule has 59 heavy (non-hydrogen) atoms. The van der Waals surface area contributed by atoms with Gasteiger partial charge in [0, 0.05) is 19.3 Å². The van der Waals surface area contributed by atoms with Crippen molar-refractivity contribution in [2.24, 2.45) is 11.8 Å². The second-order valence-corrected chi connectivity index (χ2v) is 19.1. The molecule has 0 spiro atoms. The predicted octanol–water partition coefficient (Wildman–Crippen LogP) is 16.9. The lowest BCUT2D eigenvalue weighted by atomic mass is 10.0.